The van der Waals surface area contributed by atoms with Crippen LogP contribution in [0.15, 0.2) is 54.7 Å². The van der Waals surface area contributed by atoms with Crippen LogP contribution >= 0.6 is 11.6 Å². The molecule has 0 fully saturated rings. The number of halogens is 1. The fraction of sp³-hybridized carbons (Fsp3) is 0.304. The van der Waals surface area contributed by atoms with Gasteiger partial charge in [-0.25, -0.2) is 13.1 Å². The Hall–Kier alpha value is -2.88. The number of fused-ring (bicyclic) bond motifs is 1. The number of anilines is 1. The van der Waals surface area contributed by atoms with Crippen LogP contribution in [0.5, 0.6) is 5.75 Å². The Bertz CT molecular complexity index is 1200. The van der Waals surface area contributed by atoms with Gasteiger partial charge in [0.05, 0.1) is 24.9 Å². The van der Waals surface area contributed by atoms with E-state index in [1.54, 1.807) is 37.6 Å². The fourth-order valence-electron chi connectivity index (χ4n) is 3.39. The first-order valence-corrected chi connectivity index (χ1v) is 12.7. The molecule has 1 aromatic heterocycles. The molecule has 1 atom stereocenters. The zero-order valence-electron chi connectivity index (χ0n) is 18.5. The number of sulfonamides is 1. The van der Waals surface area contributed by atoms with E-state index in [1.807, 2.05) is 24.3 Å². The summed E-state index contributed by atoms with van der Waals surface area (Å²) >= 11 is 6.03. The second-order valence-corrected chi connectivity index (χ2v) is 9.79. The van der Waals surface area contributed by atoms with E-state index < -0.39 is 16.1 Å². The highest BCUT2D eigenvalue weighted by Crippen LogP contribution is 2.24. The Morgan fingerprint density at radius 1 is 1.12 bits per heavy atom. The number of carbonyl (C=O) groups is 1. The standard InChI is InChI=1S/C23H27ClN4O4S/c1-32-18-7-4-16(5-8-18)21(28-33(2,30)31)15-23(29)27-12-3-11-25-20-10-13-26-22-14-17(24)6-9-19(20)22/h4-10,13-14,21,28H,3,11-12,15H2,1-2H3,(H,25,26)(H,27,29)/t21-/m0/s1. The van der Waals surface area contributed by atoms with E-state index in [4.69, 9.17) is 16.3 Å². The van der Waals surface area contributed by atoms with Gasteiger partial charge in [-0.15, -0.1) is 0 Å². The van der Waals surface area contributed by atoms with Crippen LogP contribution < -0.4 is 20.1 Å². The van der Waals surface area contributed by atoms with Crippen molar-refractivity contribution < 1.29 is 17.9 Å². The summed E-state index contributed by atoms with van der Waals surface area (Å²) < 4.78 is 31.2. The van der Waals surface area contributed by atoms with Crippen molar-refractivity contribution in [3.63, 3.8) is 0 Å². The summed E-state index contributed by atoms with van der Waals surface area (Å²) in [5.41, 5.74) is 2.44. The molecule has 10 heteroatoms. The second-order valence-electron chi connectivity index (χ2n) is 7.57. The number of pyridine rings is 1. The van der Waals surface area contributed by atoms with Gasteiger partial charge in [-0.05, 0) is 48.4 Å². The molecule has 0 aliphatic carbocycles. The Balaban J connectivity index is 1.50. The van der Waals surface area contributed by atoms with Gasteiger partial charge in [-0.1, -0.05) is 23.7 Å². The number of benzene rings is 2. The van der Waals surface area contributed by atoms with Crippen LogP contribution in [0.1, 0.15) is 24.4 Å². The molecule has 8 nitrogen and oxygen atoms in total. The van der Waals surface area contributed by atoms with Crippen molar-refractivity contribution in [3.8, 4) is 5.75 Å². The lowest BCUT2D eigenvalue weighted by Gasteiger charge is -2.18. The summed E-state index contributed by atoms with van der Waals surface area (Å²) in [6.45, 7) is 1.10. The van der Waals surface area contributed by atoms with Crippen molar-refractivity contribution in [1.29, 1.82) is 0 Å². The number of rotatable bonds is 11. The maximum Gasteiger partial charge on any atom is 0.221 e. The van der Waals surface area contributed by atoms with E-state index in [0.29, 0.717) is 35.8 Å². The van der Waals surface area contributed by atoms with Crippen LogP contribution in [0, 0.1) is 0 Å². The lowest BCUT2D eigenvalue weighted by Crippen LogP contribution is -2.33. The molecule has 0 unspecified atom stereocenters. The highest BCUT2D eigenvalue weighted by molar-refractivity contribution is 7.88. The van der Waals surface area contributed by atoms with E-state index in [9.17, 15) is 13.2 Å². The molecule has 1 heterocycles. The molecule has 0 aliphatic rings. The molecular weight excluding hydrogens is 464 g/mol. The van der Waals surface area contributed by atoms with Crippen LogP contribution in [-0.2, 0) is 14.8 Å². The average Bonchev–Trinajstić information content (AvgIpc) is 2.77. The Labute approximate surface area is 198 Å². The topological polar surface area (TPSA) is 109 Å². The third kappa shape index (κ3) is 7.59. The smallest absolute Gasteiger partial charge is 0.221 e. The van der Waals surface area contributed by atoms with Crippen molar-refractivity contribution in [3.05, 3.63) is 65.3 Å². The molecule has 3 aromatic rings. The van der Waals surface area contributed by atoms with Crippen molar-refractivity contribution in [2.45, 2.75) is 18.9 Å². The van der Waals surface area contributed by atoms with Crippen LogP contribution in [-0.4, -0.2) is 45.8 Å². The first-order chi connectivity index (χ1) is 15.7. The number of carbonyl (C=O) groups excluding carboxylic acids is 1. The Morgan fingerprint density at radius 3 is 2.58 bits per heavy atom. The minimum absolute atomic E-state index is 0.0113. The molecule has 0 bridgehead atoms. The summed E-state index contributed by atoms with van der Waals surface area (Å²) in [7, 11) is -1.95. The quantitative estimate of drug-likeness (QED) is 0.355. The van der Waals surface area contributed by atoms with E-state index in [2.05, 4.69) is 20.3 Å². The average molecular weight is 491 g/mol. The minimum Gasteiger partial charge on any atom is -0.497 e. The first-order valence-electron chi connectivity index (χ1n) is 10.4. The summed E-state index contributed by atoms with van der Waals surface area (Å²) in [6.07, 6.45) is 3.47. The molecule has 0 radical (unpaired) electrons. The zero-order chi connectivity index (χ0) is 23.8. The number of methoxy groups -OCH3 is 1. The molecule has 0 saturated carbocycles. The maximum absolute atomic E-state index is 12.5. The zero-order valence-corrected chi connectivity index (χ0v) is 20.0. The molecule has 0 saturated heterocycles. The van der Waals surface area contributed by atoms with Gasteiger partial charge in [-0.3, -0.25) is 9.78 Å². The Kier molecular flexibility index (Phi) is 8.49. The summed E-state index contributed by atoms with van der Waals surface area (Å²) in [5, 5.41) is 7.81. The summed E-state index contributed by atoms with van der Waals surface area (Å²) in [4.78, 5) is 16.8. The summed E-state index contributed by atoms with van der Waals surface area (Å²) in [5.74, 6) is 0.412. The number of nitrogens with one attached hydrogen (secondary N) is 3. The van der Waals surface area contributed by atoms with Crippen LogP contribution in [0.3, 0.4) is 0 Å². The number of nitrogens with zero attached hydrogens (tertiary/aromatic N) is 1. The molecule has 3 rings (SSSR count). The van der Waals surface area contributed by atoms with E-state index in [0.717, 1.165) is 22.8 Å². The van der Waals surface area contributed by atoms with Gasteiger partial charge in [0.2, 0.25) is 15.9 Å². The van der Waals surface area contributed by atoms with Crippen molar-refractivity contribution in [2.24, 2.45) is 0 Å². The first kappa shape index (κ1) is 24.8. The van der Waals surface area contributed by atoms with E-state index in [1.165, 1.54) is 0 Å². The highest BCUT2D eigenvalue weighted by atomic mass is 35.5. The molecule has 0 spiro atoms. The van der Waals surface area contributed by atoms with Gasteiger partial charge in [0.25, 0.3) is 0 Å². The number of hydrogen-bond acceptors (Lipinski definition) is 6. The molecule has 1 amide bonds. The molecule has 33 heavy (non-hydrogen) atoms. The lowest BCUT2D eigenvalue weighted by molar-refractivity contribution is -0.121. The van der Waals surface area contributed by atoms with E-state index >= 15 is 0 Å². The van der Waals surface area contributed by atoms with Crippen molar-refractivity contribution in [1.82, 2.24) is 15.0 Å². The third-order valence-electron chi connectivity index (χ3n) is 4.96. The van der Waals surface area contributed by atoms with Gasteiger partial charge >= 0.3 is 0 Å². The van der Waals surface area contributed by atoms with Crippen LogP contribution in [0.4, 0.5) is 5.69 Å². The maximum atomic E-state index is 12.5. The van der Waals surface area contributed by atoms with Gasteiger partial charge in [0.1, 0.15) is 5.75 Å². The van der Waals surface area contributed by atoms with Gasteiger partial charge < -0.3 is 15.4 Å². The number of amides is 1. The van der Waals surface area contributed by atoms with Crippen LogP contribution in [0.25, 0.3) is 10.9 Å². The third-order valence-corrected chi connectivity index (χ3v) is 5.91. The number of aromatic nitrogens is 1. The van der Waals surface area contributed by atoms with Crippen molar-refractivity contribution >= 4 is 44.1 Å². The minimum atomic E-state index is -3.50. The summed E-state index contributed by atoms with van der Waals surface area (Å²) in [6, 6.07) is 13.7. The molecule has 0 aliphatic heterocycles. The molecule has 2 aromatic carbocycles. The molecule has 3 N–H and O–H groups in total. The van der Waals surface area contributed by atoms with Gasteiger partial charge in [0, 0.05) is 41.8 Å². The van der Waals surface area contributed by atoms with Crippen LogP contribution in [0.2, 0.25) is 5.02 Å². The molecule has 176 valence electrons. The van der Waals surface area contributed by atoms with Gasteiger partial charge in [-0.2, -0.15) is 0 Å². The predicted molar refractivity (Wildman–Crippen MR) is 131 cm³/mol. The number of ether oxygens (including phenoxy) is 1. The SMILES string of the molecule is COc1ccc([C@H](CC(=O)NCCCNc2ccnc3cc(Cl)ccc23)NS(C)(=O)=O)cc1. The van der Waals surface area contributed by atoms with Crippen molar-refractivity contribution in [2.75, 3.05) is 31.8 Å². The monoisotopic (exact) mass is 490 g/mol. The lowest BCUT2D eigenvalue weighted by atomic mass is 10.0. The largest absolute Gasteiger partial charge is 0.497 e. The predicted octanol–water partition coefficient (Wildman–Crippen LogP) is 3.50. The normalized spacial score (nSPS) is 12.3. The molecular formula is C23H27ClN4O4S. The Morgan fingerprint density at radius 2 is 1.88 bits per heavy atom. The number of hydrogen-bond donors (Lipinski definition) is 3. The highest BCUT2D eigenvalue weighted by Gasteiger charge is 2.19. The second kappa shape index (κ2) is 11.3. The van der Waals surface area contributed by atoms with Gasteiger partial charge in [0.15, 0.2) is 0 Å². The van der Waals surface area contributed by atoms with E-state index in [-0.39, 0.29) is 12.3 Å². The fourth-order valence-corrected chi connectivity index (χ4v) is 4.30.